The maximum atomic E-state index is 11.5. The van der Waals surface area contributed by atoms with Crippen LogP contribution < -0.4 is 5.32 Å². The Morgan fingerprint density at radius 3 is 2.14 bits per heavy atom. The van der Waals surface area contributed by atoms with Crippen LogP contribution in [0.15, 0.2) is 60.2 Å². The molecule has 0 atom stereocenters. The van der Waals surface area contributed by atoms with Crippen molar-refractivity contribution >= 4 is 18.1 Å². The molecular formula is C17H12N2O3. The van der Waals surface area contributed by atoms with Crippen LogP contribution in [0.4, 0.5) is 4.79 Å². The van der Waals surface area contributed by atoms with E-state index in [4.69, 9.17) is 10.4 Å². The molecular weight excluding hydrogens is 280 g/mol. The second-order valence-corrected chi connectivity index (χ2v) is 4.42. The van der Waals surface area contributed by atoms with Gasteiger partial charge in [-0.3, -0.25) is 10.1 Å². The molecule has 0 aliphatic carbocycles. The van der Waals surface area contributed by atoms with Crippen LogP contribution in [0.1, 0.15) is 5.56 Å². The highest BCUT2D eigenvalue weighted by Gasteiger charge is 2.11. The lowest BCUT2D eigenvalue weighted by atomic mass is 10.0. The molecule has 108 valence electrons. The lowest BCUT2D eigenvalue weighted by molar-refractivity contribution is -0.116. The zero-order valence-electron chi connectivity index (χ0n) is 11.5. The van der Waals surface area contributed by atoms with Crippen LogP contribution in [0.2, 0.25) is 0 Å². The van der Waals surface area contributed by atoms with E-state index in [0.717, 1.165) is 11.1 Å². The molecule has 2 N–H and O–H groups in total. The van der Waals surface area contributed by atoms with Gasteiger partial charge < -0.3 is 5.11 Å². The standard InChI is InChI=1S/C17H12N2O3/c18-11-15(16(20)19-17(21)22)10-12-6-8-14(9-7-12)13-4-2-1-3-5-13/h1-10H,(H,19,20)(H,21,22)/b15-10-. The Bertz CT molecular complexity index is 757. The Hall–Kier alpha value is -3.39. The molecule has 0 aromatic heterocycles. The van der Waals surface area contributed by atoms with Crippen LogP contribution in [0, 0.1) is 11.3 Å². The monoisotopic (exact) mass is 292 g/mol. The number of nitrogens with zero attached hydrogens (tertiary/aromatic N) is 1. The van der Waals surface area contributed by atoms with Gasteiger partial charge in [-0.05, 0) is 22.8 Å². The van der Waals surface area contributed by atoms with E-state index < -0.39 is 12.0 Å². The molecule has 2 aromatic carbocycles. The van der Waals surface area contributed by atoms with E-state index in [9.17, 15) is 9.59 Å². The lowest BCUT2D eigenvalue weighted by Crippen LogP contribution is -2.29. The van der Waals surface area contributed by atoms with E-state index in [1.165, 1.54) is 6.08 Å². The number of rotatable bonds is 3. The van der Waals surface area contributed by atoms with E-state index in [-0.39, 0.29) is 5.57 Å². The van der Waals surface area contributed by atoms with E-state index in [1.54, 1.807) is 23.5 Å². The number of carbonyl (C=O) groups is 2. The minimum Gasteiger partial charge on any atom is -0.465 e. The fourth-order valence-corrected chi connectivity index (χ4v) is 1.88. The second kappa shape index (κ2) is 6.86. The van der Waals surface area contributed by atoms with Crippen LogP contribution in [-0.2, 0) is 4.79 Å². The number of hydrogen-bond acceptors (Lipinski definition) is 3. The Kier molecular flexibility index (Phi) is 4.68. The summed E-state index contributed by atoms with van der Waals surface area (Å²) in [6, 6.07) is 18.7. The van der Waals surface area contributed by atoms with Crippen LogP contribution >= 0.6 is 0 Å². The van der Waals surface area contributed by atoms with Crippen molar-refractivity contribution in [1.29, 1.82) is 5.26 Å². The maximum absolute atomic E-state index is 11.5. The number of carboxylic acid groups (broad SMARTS) is 1. The predicted molar refractivity (Wildman–Crippen MR) is 81.6 cm³/mol. The third-order valence-corrected chi connectivity index (χ3v) is 2.91. The summed E-state index contributed by atoms with van der Waals surface area (Å²) in [6.45, 7) is 0. The summed E-state index contributed by atoms with van der Waals surface area (Å²) in [4.78, 5) is 21.9. The van der Waals surface area contributed by atoms with Crippen molar-refractivity contribution in [3.05, 3.63) is 65.7 Å². The van der Waals surface area contributed by atoms with Gasteiger partial charge in [0.25, 0.3) is 5.91 Å². The van der Waals surface area contributed by atoms with Crippen LogP contribution in [0.25, 0.3) is 17.2 Å². The van der Waals surface area contributed by atoms with Gasteiger partial charge in [0.15, 0.2) is 0 Å². The van der Waals surface area contributed by atoms with Crippen molar-refractivity contribution in [2.75, 3.05) is 0 Å². The van der Waals surface area contributed by atoms with Crippen LogP contribution in [0.5, 0.6) is 0 Å². The smallest absolute Gasteiger partial charge is 0.411 e. The first kappa shape index (κ1) is 15.0. The van der Waals surface area contributed by atoms with Gasteiger partial charge in [0.05, 0.1) is 0 Å². The van der Waals surface area contributed by atoms with Gasteiger partial charge in [0.2, 0.25) is 0 Å². The van der Waals surface area contributed by atoms with Crippen molar-refractivity contribution in [3.8, 4) is 17.2 Å². The molecule has 0 saturated heterocycles. The number of carbonyl (C=O) groups excluding carboxylic acids is 1. The van der Waals surface area contributed by atoms with Crippen molar-refractivity contribution in [2.24, 2.45) is 0 Å². The molecule has 2 rings (SSSR count). The molecule has 22 heavy (non-hydrogen) atoms. The molecule has 2 amide bonds. The minimum absolute atomic E-state index is 0.269. The molecule has 0 bridgehead atoms. The first-order chi connectivity index (χ1) is 10.6. The fourth-order valence-electron chi connectivity index (χ4n) is 1.88. The Labute approximate surface area is 127 Å². The molecule has 5 heteroatoms. The number of hydrogen-bond donors (Lipinski definition) is 2. The molecule has 5 nitrogen and oxygen atoms in total. The summed E-state index contributed by atoms with van der Waals surface area (Å²) in [6.07, 6.45) is -0.155. The highest BCUT2D eigenvalue weighted by atomic mass is 16.4. The molecule has 0 aliphatic rings. The molecule has 0 heterocycles. The fraction of sp³-hybridized carbons (Fsp3) is 0. The zero-order valence-corrected chi connectivity index (χ0v) is 11.5. The summed E-state index contributed by atoms with van der Waals surface area (Å²) in [5, 5.41) is 19.1. The van der Waals surface area contributed by atoms with Gasteiger partial charge in [-0.2, -0.15) is 5.26 Å². The first-order valence-corrected chi connectivity index (χ1v) is 6.41. The number of imide groups is 1. The summed E-state index contributed by atoms with van der Waals surface area (Å²) < 4.78 is 0. The normalized spacial score (nSPS) is 10.6. The number of nitrogens with one attached hydrogen (secondary N) is 1. The molecule has 0 aliphatic heterocycles. The third kappa shape index (κ3) is 3.81. The number of nitriles is 1. The van der Waals surface area contributed by atoms with Gasteiger partial charge in [-0.1, -0.05) is 54.6 Å². The Morgan fingerprint density at radius 2 is 1.59 bits per heavy atom. The van der Waals surface area contributed by atoms with Gasteiger partial charge in [-0.15, -0.1) is 0 Å². The van der Waals surface area contributed by atoms with Crippen molar-refractivity contribution in [2.45, 2.75) is 0 Å². The van der Waals surface area contributed by atoms with Crippen molar-refractivity contribution in [1.82, 2.24) is 5.32 Å². The molecule has 0 fully saturated rings. The lowest BCUT2D eigenvalue weighted by Gasteiger charge is -2.02. The molecule has 0 spiro atoms. The summed E-state index contributed by atoms with van der Waals surface area (Å²) >= 11 is 0. The highest BCUT2D eigenvalue weighted by molar-refractivity contribution is 6.07. The van der Waals surface area contributed by atoms with E-state index in [2.05, 4.69) is 0 Å². The zero-order chi connectivity index (χ0) is 15.9. The molecule has 2 aromatic rings. The van der Waals surface area contributed by atoms with E-state index >= 15 is 0 Å². The largest absolute Gasteiger partial charge is 0.465 e. The average molecular weight is 292 g/mol. The summed E-state index contributed by atoms with van der Waals surface area (Å²) in [5.41, 5.74) is 2.43. The Balaban J connectivity index is 2.23. The van der Waals surface area contributed by atoms with Crippen LogP contribution in [-0.4, -0.2) is 17.1 Å². The molecule has 0 unspecified atom stereocenters. The van der Waals surface area contributed by atoms with Gasteiger partial charge in [0.1, 0.15) is 11.6 Å². The van der Waals surface area contributed by atoms with Gasteiger partial charge in [-0.25, -0.2) is 4.79 Å². The molecule has 0 saturated carbocycles. The van der Waals surface area contributed by atoms with Gasteiger partial charge >= 0.3 is 6.09 Å². The van der Waals surface area contributed by atoms with E-state index in [0.29, 0.717) is 5.56 Å². The first-order valence-electron chi connectivity index (χ1n) is 6.41. The maximum Gasteiger partial charge on any atom is 0.411 e. The summed E-state index contributed by atoms with van der Waals surface area (Å²) in [5.74, 6) is -0.942. The van der Waals surface area contributed by atoms with Crippen molar-refractivity contribution in [3.63, 3.8) is 0 Å². The quantitative estimate of drug-likeness (QED) is 0.672. The van der Waals surface area contributed by atoms with E-state index in [1.807, 2.05) is 42.5 Å². The predicted octanol–water partition coefficient (Wildman–Crippen LogP) is 3.05. The number of amides is 2. The Morgan fingerprint density at radius 1 is 1.00 bits per heavy atom. The average Bonchev–Trinajstić information content (AvgIpc) is 2.53. The topological polar surface area (TPSA) is 90.2 Å². The highest BCUT2D eigenvalue weighted by Crippen LogP contribution is 2.20. The minimum atomic E-state index is -1.49. The van der Waals surface area contributed by atoms with Crippen molar-refractivity contribution < 1.29 is 14.7 Å². The summed E-state index contributed by atoms with van der Waals surface area (Å²) in [7, 11) is 0. The number of benzene rings is 2. The second-order valence-electron chi connectivity index (χ2n) is 4.42. The SMILES string of the molecule is N#C/C(=C/c1ccc(-c2ccccc2)cc1)C(=O)NC(=O)O. The van der Waals surface area contributed by atoms with Crippen LogP contribution in [0.3, 0.4) is 0 Å². The third-order valence-electron chi connectivity index (χ3n) is 2.91. The van der Waals surface area contributed by atoms with Gasteiger partial charge in [0, 0.05) is 0 Å². The molecule has 0 radical (unpaired) electrons.